The molecule has 0 radical (unpaired) electrons. The number of likely N-dealkylation sites (tertiary alicyclic amines) is 1. The summed E-state index contributed by atoms with van der Waals surface area (Å²) in [7, 11) is 1.62. The Morgan fingerprint density at radius 2 is 1.65 bits per heavy atom. The minimum Gasteiger partial charge on any atom is -0.493 e. The fourth-order valence-corrected chi connectivity index (χ4v) is 5.91. The molecule has 2 saturated heterocycles. The number of imide groups is 1. The quantitative estimate of drug-likeness (QED) is 0.354. The molecule has 2 aliphatic rings. The SMILES string of the molecule is COc1ccc(C2CN(Cc3ccccc3)CC2(C)C(=O)N2C(=O)OC[C@H]2c2ccccc2)cc1OC(C)(C)C. The zero-order chi connectivity index (χ0) is 28.5. The predicted octanol–water partition coefficient (Wildman–Crippen LogP) is 6.20. The molecule has 40 heavy (non-hydrogen) atoms. The lowest BCUT2D eigenvalue weighted by molar-refractivity contribution is -0.139. The molecule has 0 aliphatic carbocycles. The van der Waals surface area contributed by atoms with E-state index in [4.69, 9.17) is 14.2 Å². The summed E-state index contributed by atoms with van der Waals surface area (Å²) in [6.45, 7) is 9.96. The van der Waals surface area contributed by atoms with E-state index in [-0.39, 0.29) is 18.4 Å². The highest BCUT2D eigenvalue weighted by molar-refractivity contribution is 5.97. The maximum absolute atomic E-state index is 14.5. The summed E-state index contributed by atoms with van der Waals surface area (Å²) in [5.41, 5.74) is 1.70. The van der Waals surface area contributed by atoms with Crippen molar-refractivity contribution in [3.05, 3.63) is 95.6 Å². The molecule has 5 rings (SSSR count). The van der Waals surface area contributed by atoms with Crippen LogP contribution >= 0.6 is 0 Å². The molecule has 3 atom stereocenters. The van der Waals surface area contributed by atoms with Gasteiger partial charge in [0.05, 0.1) is 12.5 Å². The number of ether oxygens (including phenoxy) is 3. The third kappa shape index (κ3) is 5.56. The zero-order valence-corrected chi connectivity index (χ0v) is 23.9. The lowest BCUT2D eigenvalue weighted by Gasteiger charge is -2.34. The number of cyclic esters (lactones) is 1. The van der Waals surface area contributed by atoms with Crippen LogP contribution in [-0.4, -0.2) is 54.2 Å². The molecule has 0 aromatic heterocycles. The second-order valence-electron chi connectivity index (χ2n) is 11.9. The Morgan fingerprint density at radius 3 is 2.30 bits per heavy atom. The van der Waals surface area contributed by atoms with E-state index in [1.165, 1.54) is 10.5 Å². The topological polar surface area (TPSA) is 68.3 Å². The Hall–Kier alpha value is -3.84. The number of nitrogens with zero attached hydrogens (tertiary/aromatic N) is 2. The van der Waals surface area contributed by atoms with Gasteiger partial charge in [0.2, 0.25) is 5.91 Å². The Bertz CT molecular complexity index is 1350. The molecule has 3 aromatic rings. The van der Waals surface area contributed by atoms with Gasteiger partial charge in [-0.3, -0.25) is 9.69 Å². The first-order chi connectivity index (χ1) is 19.1. The molecule has 7 heteroatoms. The second-order valence-corrected chi connectivity index (χ2v) is 11.9. The van der Waals surface area contributed by atoms with Gasteiger partial charge in [-0.2, -0.15) is 0 Å². The van der Waals surface area contributed by atoms with Crippen LogP contribution in [0.15, 0.2) is 78.9 Å². The predicted molar refractivity (Wildman–Crippen MR) is 153 cm³/mol. The van der Waals surface area contributed by atoms with Gasteiger partial charge in [-0.15, -0.1) is 0 Å². The molecule has 0 bridgehead atoms. The maximum Gasteiger partial charge on any atom is 0.417 e. The molecular formula is C33H38N2O5. The van der Waals surface area contributed by atoms with Gasteiger partial charge in [0, 0.05) is 25.6 Å². The van der Waals surface area contributed by atoms with Crippen LogP contribution in [0, 0.1) is 5.41 Å². The van der Waals surface area contributed by atoms with Crippen molar-refractivity contribution in [2.75, 3.05) is 26.8 Å². The zero-order valence-electron chi connectivity index (χ0n) is 23.9. The van der Waals surface area contributed by atoms with Gasteiger partial charge in [0.25, 0.3) is 0 Å². The number of methoxy groups -OCH3 is 1. The van der Waals surface area contributed by atoms with Crippen molar-refractivity contribution in [2.45, 2.75) is 51.8 Å². The summed E-state index contributed by atoms with van der Waals surface area (Å²) in [6.07, 6.45) is -0.591. The van der Waals surface area contributed by atoms with Crippen LogP contribution in [0.1, 0.15) is 56.3 Å². The summed E-state index contributed by atoms with van der Waals surface area (Å²) >= 11 is 0. The van der Waals surface area contributed by atoms with Crippen LogP contribution in [0.3, 0.4) is 0 Å². The van der Waals surface area contributed by atoms with E-state index in [2.05, 4.69) is 17.0 Å². The van der Waals surface area contributed by atoms with Crippen LogP contribution in [0.25, 0.3) is 0 Å². The molecule has 2 unspecified atom stereocenters. The van der Waals surface area contributed by atoms with Crippen molar-refractivity contribution in [1.82, 2.24) is 9.80 Å². The number of amides is 2. The molecule has 2 amide bonds. The van der Waals surface area contributed by atoms with E-state index in [0.717, 1.165) is 11.1 Å². The molecule has 0 saturated carbocycles. The average molecular weight is 543 g/mol. The molecule has 7 nitrogen and oxygen atoms in total. The lowest BCUT2D eigenvalue weighted by Crippen LogP contribution is -2.47. The van der Waals surface area contributed by atoms with Gasteiger partial charge in [-0.25, -0.2) is 9.69 Å². The maximum atomic E-state index is 14.5. The van der Waals surface area contributed by atoms with Gasteiger partial charge >= 0.3 is 6.09 Å². The monoisotopic (exact) mass is 542 g/mol. The average Bonchev–Trinajstić information content (AvgIpc) is 3.48. The summed E-state index contributed by atoms with van der Waals surface area (Å²) in [5, 5.41) is 0. The first kappa shape index (κ1) is 27.7. The Labute approximate surface area is 236 Å². The number of hydrogen-bond acceptors (Lipinski definition) is 6. The minimum absolute atomic E-state index is 0.148. The van der Waals surface area contributed by atoms with Crippen LogP contribution in [0.5, 0.6) is 11.5 Å². The first-order valence-corrected chi connectivity index (χ1v) is 13.8. The van der Waals surface area contributed by atoms with E-state index in [9.17, 15) is 9.59 Å². The molecule has 0 N–H and O–H groups in total. The number of hydrogen-bond donors (Lipinski definition) is 0. The fourth-order valence-electron chi connectivity index (χ4n) is 5.91. The molecule has 210 valence electrons. The van der Waals surface area contributed by atoms with Crippen LogP contribution in [0.4, 0.5) is 4.79 Å². The van der Waals surface area contributed by atoms with E-state index in [0.29, 0.717) is 31.1 Å². The normalized spacial score (nSPS) is 23.2. The summed E-state index contributed by atoms with van der Waals surface area (Å²) in [6, 6.07) is 25.3. The second kappa shape index (κ2) is 11.0. The van der Waals surface area contributed by atoms with Crippen molar-refractivity contribution in [3.63, 3.8) is 0 Å². The van der Waals surface area contributed by atoms with Gasteiger partial charge in [0.1, 0.15) is 18.2 Å². The number of rotatable bonds is 7. The first-order valence-electron chi connectivity index (χ1n) is 13.8. The van der Waals surface area contributed by atoms with Gasteiger partial charge in [0.15, 0.2) is 11.5 Å². The third-order valence-corrected chi connectivity index (χ3v) is 7.78. The van der Waals surface area contributed by atoms with Gasteiger partial charge in [-0.05, 0) is 56.5 Å². The number of carbonyl (C=O) groups is 2. The highest BCUT2D eigenvalue weighted by atomic mass is 16.6. The molecule has 0 spiro atoms. The highest BCUT2D eigenvalue weighted by Crippen LogP contribution is 2.48. The van der Waals surface area contributed by atoms with Crippen LogP contribution in [-0.2, 0) is 16.1 Å². The van der Waals surface area contributed by atoms with Crippen molar-refractivity contribution < 1.29 is 23.8 Å². The Balaban J connectivity index is 1.54. The van der Waals surface area contributed by atoms with E-state index in [1.54, 1.807) is 7.11 Å². The molecular weight excluding hydrogens is 504 g/mol. The molecule has 3 aromatic carbocycles. The van der Waals surface area contributed by atoms with Crippen LogP contribution < -0.4 is 9.47 Å². The van der Waals surface area contributed by atoms with E-state index >= 15 is 0 Å². The van der Waals surface area contributed by atoms with Crippen molar-refractivity contribution in [1.29, 1.82) is 0 Å². The Morgan fingerprint density at radius 1 is 0.975 bits per heavy atom. The van der Waals surface area contributed by atoms with E-state index < -0.39 is 23.2 Å². The summed E-state index contributed by atoms with van der Waals surface area (Å²) in [5.74, 6) is 0.852. The summed E-state index contributed by atoms with van der Waals surface area (Å²) < 4.78 is 17.3. The van der Waals surface area contributed by atoms with Crippen molar-refractivity contribution >= 4 is 12.0 Å². The smallest absolute Gasteiger partial charge is 0.417 e. The molecule has 2 fully saturated rings. The highest BCUT2D eigenvalue weighted by Gasteiger charge is 2.54. The molecule has 2 aliphatic heterocycles. The van der Waals surface area contributed by atoms with Crippen molar-refractivity contribution in [2.24, 2.45) is 5.41 Å². The number of benzene rings is 3. The fraction of sp³-hybridized carbons (Fsp3) is 0.394. The van der Waals surface area contributed by atoms with Gasteiger partial charge < -0.3 is 14.2 Å². The number of carbonyl (C=O) groups excluding carboxylic acids is 2. The Kier molecular flexibility index (Phi) is 7.60. The van der Waals surface area contributed by atoms with Crippen LogP contribution in [0.2, 0.25) is 0 Å². The molecule has 2 heterocycles. The third-order valence-electron chi connectivity index (χ3n) is 7.78. The standard InChI is InChI=1S/C33H38N2O5/c1-32(2,3)40-29-18-25(16-17-28(29)38-5)26-20-34(19-23-12-8-6-9-13-23)22-33(26,4)30(36)35-27(21-39-31(35)37)24-14-10-7-11-15-24/h6-18,26-27H,19-22H2,1-5H3/t26?,27-,33?/m0/s1. The minimum atomic E-state index is -0.890. The largest absolute Gasteiger partial charge is 0.493 e. The van der Waals surface area contributed by atoms with E-state index in [1.807, 2.05) is 94.4 Å². The lowest BCUT2D eigenvalue weighted by atomic mass is 9.74. The summed E-state index contributed by atoms with van der Waals surface area (Å²) in [4.78, 5) is 31.2. The van der Waals surface area contributed by atoms with Gasteiger partial charge in [-0.1, -0.05) is 66.7 Å². The van der Waals surface area contributed by atoms with Crippen molar-refractivity contribution in [3.8, 4) is 11.5 Å².